The maximum Gasteiger partial charge on any atom is 0.284 e. The Bertz CT molecular complexity index is 1140. The summed E-state index contributed by atoms with van der Waals surface area (Å²) < 4.78 is 3.96. The van der Waals surface area contributed by atoms with Crippen molar-refractivity contribution in [2.24, 2.45) is 0 Å². The number of hydrogen-bond donors (Lipinski definition) is 1. The van der Waals surface area contributed by atoms with Crippen LogP contribution in [0, 0.1) is 6.92 Å². The molecule has 0 aliphatic carbocycles. The summed E-state index contributed by atoms with van der Waals surface area (Å²) in [6, 6.07) is 25.3. The normalized spacial score (nSPS) is 13.7. The molecule has 1 aromatic heterocycles. The molecule has 0 spiro atoms. The SMILES string of the molecule is Cc1ccc2c(c1)/[N+](=C/c1ccc(-c3ccccc3)cc1)Nc1nncn1-2. The van der Waals surface area contributed by atoms with Gasteiger partial charge in [0.2, 0.25) is 6.21 Å². The molecule has 1 aliphatic heterocycles. The highest BCUT2D eigenvalue weighted by Crippen LogP contribution is 2.30. The van der Waals surface area contributed by atoms with Gasteiger partial charge in [-0.05, 0) is 41.8 Å². The van der Waals surface area contributed by atoms with Crippen LogP contribution in [0.2, 0.25) is 0 Å². The van der Waals surface area contributed by atoms with Gasteiger partial charge >= 0.3 is 0 Å². The molecule has 0 radical (unpaired) electrons. The largest absolute Gasteiger partial charge is 0.284 e. The number of hydrazine groups is 1. The van der Waals surface area contributed by atoms with Crippen LogP contribution in [0.3, 0.4) is 0 Å². The zero-order valence-electron chi connectivity index (χ0n) is 14.9. The smallest absolute Gasteiger partial charge is 0.257 e. The van der Waals surface area contributed by atoms with Crippen molar-refractivity contribution >= 4 is 17.9 Å². The first-order chi connectivity index (χ1) is 13.3. The molecular weight excluding hydrogens is 334 g/mol. The summed E-state index contributed by atoms with van der Waals surface area (Å²) >= 11 is 0. The number of hydrazone groups is 1. The third kappa shape index (κ3) is 2.79. The molecule has 5 heteroatoms. The number of nitrogens with one attached hydrogen (secondary N) is 1. The van der Waals surface area contributed by atoms with Crippen molar-refractivity contribution in [3.8, 4) is 16.8 Å². The van der Waals surface area contributed by atoms with Crippen LogP contribution in [0.1, 0.15) is 11.1 Å². The molecule has 0 bridgehead atoms. The van der Waals surface area contributed by atoms with Crippen LogP contribution >= 0.6 is 0 Å². The molecule has 1 N–H and O–H groups in total. The second kappa shape index (κ2) is 6.21. The summed E-state index contributed by atoms with van der Waals surface area (Å²) in [5, 5.41) is 8.19. The van der Waals surface area contributed by atoms with Crippen molar-refractivity contribution in [2.75, 3.05) is 5.43 Å². The van der Waals surface area contributed by atoms with E-state index in [1.807, 2.05) is 15.3 Å². The van der Waals surface area contributed by atoms with Gasteiger partial charge in [-0.2, -0.15) is 0 Å². The van der Waals surface area contributed by atoms with E-state index in [1.165, 1.54) is 16.7 Å². The number of nitrogens with zero attached hydrogens (tertiary/aromatic N) is 4. The number of aryl methyl sites for hydroxylation is 1. The molecule has 3 aromatic carbocycles. The van der Waals surface area contributed by atoms with Crippen molar-refractivity contribution in [1.82, 2.24) is 14.8 Å². The van der Waals surface area contributed by atoms with E-state index in [4.69, 9.17) is 0 Å². The number of aromatic nitrogens is 3. The molecule has 0 fully saturated rings. The molecule has 2 heterocycles. The molecule has 0 atom stereocenters. The van der Waals surface area contributed by atoms with Gasteiger partial charge in [0.05, 0.1) is 0 Å². The second-order valence-electron chi connectivity index (χ2n) is 6.62. The number of benzene rings is 3. The van der Waals surface area contributed by atoms with E-state index in [0.29, 0.717) is 5.95 Å². The maximum absolute atomic E-state index is 4.16. The Morgan fingerprint density at radius 2 is 1.70 bits per heavy atom. The molecule has 5 nitrogen and oxygen atoms in total. The highest BCUT2D eigenvalue weighted by atomic mass is 15.5. The van der Waals surface area contributed by atoms with Crippen molar-refractivity contribution < 1.29 is 4.68 Å². The predicted octanol–water partition coefficient (Wildman–Crippen LogP) is 4.35. The van der Waals surface area contributed by atoms with Crippen LogP contribution in [-0.4, -0.2) is 25.7 Å². The zero-order chi connectivity index (χ0) is 18.2. The van der Waals surface area contributed by atoms with Crippen LogP contribution < -0.4 is 5.43 Å². The van der Waals surface area contributed by atoms with Gasteiger partial charge in [-0.25, -0.2) is 0 Å². The number of anilines is 1. The summed E-state index contributed by atoms with van der Waals surface area (Å²) in [5.74, 6) is 0.698. The van der Waals surface area contributed by atoms with Crippen LogP contribution in [0.4, 0.5) is 11.6 Å². The summed E-state index contributed by atoms with van der Waals surface area (Å²) in [6.45, 7) is 2.09. The lowest BCUT2D eigenvalue weighted by atomic mass is 10.0. The fourth-order valence-corrected chi connectivity index (χ4v) is 3.33. The summed E-state index contributed by atoms with van der Waals surface area (Å²) in [4.78, 5) is 0. The monoisotopic (exact) mass is 352 g/mol. The van der Waals surface area contributed by atoms with E-state index in [2.05, 4.69) is 95.5 Å². The van der Waals surface area contributed by atoms with E-state index in [-0.39, 0.29) is 0 Å². The molecule has 5 rings (SSSR count). The maximum atomic E-state index is 4.16. The Morgan fingerprint density at radius 3 is 2.52 bits per heavy atom. The average Bonchev–Trinajstić information content (AvgIpc) is 3.18. The molecule has 1 aliphatic rings. The third-order valence-corrected chi connectivity index (χ3v) is 4.71. The fourth-order valence-electron chi connectivity index (χ4n) is 3.33. The average molecular weight is 352 g/mol. The second-order valence-corrected chi connectivity index (χ2v) is 6.62. The van der Waals surface area contributed by atoms with E-state index in [9.17, 15) is 0 Å². The predicted molar refractivity (Wildman–Crippen MR) is 107 cm³/mol. The van der Waals surface area contributed by atoms with Crippen LogP contribution in [0.25, 0.3) is 16.8 Å². The molecule has 0 unspecified atom stereocenters. The van der Waals surface area contributed by atoms with Crippen LogP contribution in [0.15, 0.2) is 79.1 Å². The summed E-state index contributed by atoms with van der Waals surface area (Å²) in [6.07, 6.45) is 3.80. The van der Waals surface area contributed by atoms with Crippen molar-refractivity contribution in [3.05, 3.63) is 90.3 Å². The minimum absolute atomic E-state index is 0.698. The summed E-state index contributed by atoms with van der Waals surface area (Å²) in [5.41, 5.74) is 10.2. The van der Waals surface area contributed by atoms with Gasteiger partial charge in [0.25, 0.3) is 11.6 Å². The lowest BCUT2D eigenvalue weighted by Gasteiger charge is -2.16. The molecule has 0 saturated heterocycles. The highest BCUT2D eigenvalue weighted by molar-refractivity contribution is 5.79. The fraction of sp³-hybridized carbons (Fsp3) is 0.0455. The van der Waals surface area contributed by atoms with Gasteiger partial charge in [-0.1, -0.05) is 53.2 Å². The minimum Gasteiger partial charge on any atom is -0.257 e. The summed E-state index contributed by atoms with van der Waals surface area (Å²) in [7, 11) is 0. The topological polar surface area (TPSA) is 45.8 Å². The first-order valence-corrected chi connectivity index (χ1v) is 8.85. The lowest BCUT2D eigenvalue weighted by Crippen LogP contribution is -2.24. The lowest BCUT2D eigenvalue weighted by molar-refractivity contribution is -0.402. The van der Waals surface area contributed by atoms with E-state index in [1.54, 1.807) is 6.33 Å². The molecule has 130 valence electrons. The van der Waals surface area contributed by atoms with Crippen molar-refractivity contribution in [3.63, 3.8) is 0 Å². The Hall–Kier alpha value is -3.73. The number of hydrogen-bond acceptors (Lipinski definition) is 3. The first-order valence-electron chi connectivity index (χ1n) is 8.85. The molecule has 0 amide bonds. The van der Waals surface area contributed by atoms with E-state index >= 15 is 0 Å². The number of fused-ring (bicyclic) bond motifs is 3. The zero-order valence-corrected chi connectivity index (χ0v) is 14.9. The van der Waals surface area contributed by atoms with Crippen molar-refractivity contribution in [2.45, 2.75) is 6.92 Å². The van der Waals surface area contributed by atoms with Gasteiger partial charge in [-0.3, -0.25) is 4.57 Å². The van der Waals surface area contributed by atoms with Gasteiger partial charge in [0.15, 0.2) is 0 Å². The van der Waals surface area contributed by atoms with Crippen molar-refractivity contribution in [1.29, 1.82) is 0 Å². The first kappa shape index (κ1) is 15.5. The van der Waals surface area contributed by atoms with E-state index in [0.717, 1.165) is 16.9 Å². The van der Waals surface area contributed by atoms with Gasteiger partial charge in [0, 0.05) is 11.6 Å². The van der Waals surface area contributed by atoms with Crippen LogP contribution in [0.5, 0.6) is 0 Å². The standard InChI is InChI=1S/C22H18N5/c1-16-7-12-20-21(13-16)27(25-22-24-23-15-26(20)22)14-17-8-10-19(11-9-17)18-5-3-2-4-6-18/h2-15H,1H3,(H,24,25)/q+1/b27-14-. The Labute approximate surface area is 157 Å². The van der Waals surface area contributed by atoms with E-state index < -0.39 is 0 Å². The van der Waals surface area contributed by atoms with Gasteiger partial charge in [0.1, 0.15) is 12.0 Å². The Kier molecular flexibility index (Phi) is 3.57. The highest BCUT2D eigenvalue weighted by Gasteiger charge is 2.27. The minimum atomic E-state index is 0.698. The quantitative estimate of drug-likeness (QED) is 0.546. The molecule has 27 heavy (non-hydrogen) atoms. The van der Waals surface area contributed by atoms with Crippen LogP contribution in [-0.2, 0) is 0 Å². The molecule has 4 aromatic rings. The van der Waals surface area contributed by atoms with Gasteiger partial charge in [-0.15, -0.1) is 15.6 Å². The van der Waals surface area contributed by atoms with Gasteiger partial charge < -0.3 is 0 Å². The Morgan fingerprint density at radius 1 is 0.926 bits per heavy atom. The molecular formula is C22H18N5+. The Balaban J connectivity index is 1.55. The molecule has 0 saturated carbocycles. The third-order valence-electron chi connectivity index (χ3n) is 4.71. The number of rotatable bonds is 2.